The Bertz CT molecular complexity index is 1480. The van der Waals surface area contributed by atoms with Crippen molar-refractivity contribution in [2.75, 3.05) is 32.1 Å². The van der Waals surface area contributed by atoms with Crippen molar-refractivity contribution in [2.45, 2.75) is 43.9 Å². The molecule has 12 heteroatoms. The molecule has 0 fully saturated rings. The Morgan fingerprint density at radius 1 is 1.24 bits per heavy atom. The average Bonchev–Trinajstić information content (AvgIpc) is 3.40. The first-order valence-electron chi connectivity index (χ1n) is 13.5. The maximum absolute atomic E-state index is 13.4. The first-order valence-corrected chi connectivity index (χ1v) is 14.9. The van der Waals surface area contributed by atoms with Gasteiger partial charge in [-0.1, -0.05) is 37.3 Å². The molecule has 11 nitrogen and oxygen atoms in total. The van der Waals surface area contributed by atoms with E-state index >= 15 is 0 Å². The van der Waals surface area contributed by atoms with E-state index < -0.39 is 22.2 Å². The third-order valence-corrected chi connectivity index (χ3v) is 8.91. The Balaban J connectivity index is 1.62. The van der Waals surface area contributed by atoms with Gasteiger partial charge in [-0.15, -0.1) is 0 Å². The molecule has 220 valence electrons. The van der Waals surface area contributed by atoms with Crippen molar-refractivity contribution in [3.63, 3.8) is 0 Å². The maximum atomic E-state index is 13.4. The topological polar surface area (TPSA) is 134 Å². The number of fused-ring (bicyclic) bond motifs is 1. The number of ether oxygens (including phenoxy) is 1. The molecule has 0 radical (unpaired) electrons. The van der Waals surface area contributed by atoms with Gasteiger partial charge in [0.2, 0.25) is 11.8 Å². The van der Waals surface area contributed by atoms with E-state index in [0.29, 0.717) is 17.0 Å². The second-order valence-electron chi connectivity index (χ2n) is 10.6. The number of aliphatic hydroxyl groups excluding tert-OH is 1. The molecule has 1 aliphatic heterocycles. The highest BCUT2D eigenvalue weighted by molar-refractivity contribution is 7.89. The molecular formula is C29H37N5O6S. The molecule has 4 rings (SSSR count). The maximum Gasteiger partial charge on any atom is 0.261 e. The number of carbonyl (C=O) groups is 2. The predicted molar refractivity (Wildman–Crippen MR) is 154 cm³/mol. The quantitative estimate of drug-likeness (QED) is 0.394. The number of sulfonamides is 1. The Kier molecular flexibility index (Phi) is 9.46. The predicted octanol–water partition coefficient (Wildman–Crippen LogP) is 2.07. The lowest BCUT2D eigenvalue weighted by molar-refractivity contribution is -0.134. The van der Waals surface area contributed by atoms with Gasteiger partial charge in [0.25, 0.3) is 10.0 Å². The van der Waals surface area contributed by atoms with Crippen LogP contribution in [-0.4, -0.2) is 83.0 Å². The fraction of sp³-hybridized carbons (Fsp3) is 0.414. The first kappa shape index (κ1) is 30.2. The van der Waals surface area contributed by atoms with E-state index in [9.17, 15) is 23.1 Å². The zero-order valence-electron chi connectivity index (χ0n) is 23.7. The van der Waals surface area contributed by atoms with Crippen molar-refractivity contribution in [1.82, 2.24) is 18.8 Å². The zero-order valence-corrected chi connectivity index (χ0v) is 24.5. The summed E-state index contributed by atoms with van der Waals surface area (Å²) in [5.41, 5.74) is 1.94. The number of aliphatic hydroxyl groups is 1. The normalized spacial score (nSPS) is 18.6. The number of amides is 2. The Hall–Kier alpha value is -3.74. The van der Waals surface area contributed by atoms with Crippen molar-refractivity contribution in [2.24, 2.45) is 13.0 Å². The van der Waals surface area contributed by atoms with Crippen molar-refractivity contribution >= 4 is 27.5 Å². The van der Waals surface area contributed by atoms with E-state index in [1.807, 2.05) is 37.3 Å². The summed E-state index contributed by atoms with van der Waals surface area (Å²) in [6, 6.07) is 14.0. The monoisotopic (exact) mass is 583 g/mol. The number of carbonyl (C=O) groups excluding carboxylic acids is 2. The van der Waals surface area contributed by atoms with Gasteiger partial charge in [-0.05, 0) is 30.7 Å². The van der Waals surface area contributed by atoms with Crippen LogP contribution in [0.5, 0.6) is 5.75 Å². The summed E-state index contributed by atoms with van der Waals surface area (Å²) in [5.74, 6) is -0.259. The van der Waals surface area contributed by atoms with E-state index in [0.717, 1.165) is 5.56 Å². The Labute approximate surface area is 240 Å². The molecule has 0 bridgehead atoms. The Morgan fingerprint density at radius 3 is 2.63 bits per heavy atom. The third kappa shape index (κ3) is 7.32. The summed E-state index contributed by atoms with van der Waals surface area (Å²) in [7, 11) is -0.723. The standard InChI is InChI=1S/C29H37N5O6S/c1-20-15-34(21(2)18-35)29(37)14-23-13-24(31-27(36)12-22-8-6-5-7-9-22)10-11-25(23)40-26(20)16-33(4)41(38,39)28-17-32(3)19-30-28/h5-11,13,17,19-21,26,35H,12,14-16,18H2,1-4H3,(H,31,36)/t20-,21+,26+/m1/s1. The van der Waals surface area contributed by atoms with Gasteiger partial charge in [-0.3, -0.25) is 9.59 Å². The molecule has 0 aliphatic carbocycles. The van der Waals surface area contributed by atoms with Gasteiger partial charge in [0, 0.05) is 44.0 Å². The van der Waals surface area contributed by atoms with Crippen LogP contribution in [0.3, 0.4) is 0 Å². The van der Waals surface area contributed by atoms with E-state index in [2.05, 4.69) is 10.3 Å². The number of nitrogens with zero attached hydrogens (tertiary/aromatic N) is 4. The van der Waals surface area contributed by atoms with Crippen LogP contribution in [-0.2, 0) is 39.5 Å². The van der Waals surface area contributed by atoms with Crippen LogP contribution >= 0.6 is 0 Å². The smallest absolute Gasteiger partial charge is 0.261 e. The fourth-order valence-electron chi connectivity index (χ4n) is 4.74. The van der Waals surface area contributed by atoms with Gasteiger partial charge in [-0.25, -0.2) is 13.4 Å². The average molecular weight is 584 g/mol. The second-order valence-corrected chi connectivity index (χ2v) is 12.6. The van der Waals surface area contributed by atoms with Gasteiger partial charge in [0.05, 0.1) is 38.4 Å². The Morgan fingerprint density at radius 2 is 1.98 bits per heavy atom. The van der Waals surface area contributed by atoms with E-state index in [4.69, 9.17) is 4.74 Å². The van der Waals surface area contributed by atoms with Crippen molar-refractivity contribution in [3.8, 4) is 5.75 Å². The molecule has 1 aliphatic rings. The fourth-order valence-corrected chi connectivity index (χ4v) is 5.89. The number of hydrogen-bond acceptors (Lipinski definition) is 7. The lowest BCUT2D eigenvalue weighted by Crippen LogP contribution is -2.48. The number of benzene rings is 2. The molecule has 3 aromatic rings. The molecule has 3 atom stereocenters. The minimum absolute atomic E-state index is 0.00458. The van der Waals surface area contributed by atoms with E-state index in [-0.39, 0.29) is 55.3 Å². The second kappa shape index (κ2) is 12.8. The van der Waals surface area contributed by atoms with Crippen molar-refractivity contribution in [3.05, 3.63) is 72.2 Å². The lowest BCUT2D eigenvalue weighted by Gasteiger charge is -2.33. The molecule has 0 saturated carbocycles. The minimum Gasteiger partial charge on any atom is -0.488 e. The van der Waals surface area contributed by atoms with Crippen LogP contribution in [0.15, 0.2) is 66.1 Å². The highest BCUT2D eigenvalue weighted by atomic mass is 32.2. The van der Waals surface area contributed by atoms with Gasteiger partial charge in [-0.2, -0.15) is 4.31 Å². The van der Waals surface area contributed by atoms with E-state index in [1.165, 1.54) is 23.9 Å². The van der Waals surface area contributed by atoms with Crippen LogP contribution in [0.4, 0.5) is 5.69 Å². The summed E-state index contributed by atoms with van der Waals surface area (Å²) in [6.45, 7) is 3.69. The van der Waals surface area contributed by atoms with E-state index in [1.54, 1.807) is 41.6 Å². The SMILES string of the molecule is C[C@@H]1CN([C@@H](C)CO)C(=O)Cc2cc(NC(=O)Cc3ccccc3)ccc2O[C@H]1CN(C)S(=O)(=O)c1cn(C)cn1. The van der Waals surface area contributed by atoms with Crippen molar-refractivity contribution in [1.29, 1.82) is 0 Å². The third-order valence-electron chi connectivity index (χ3n) is 7.20. The zero-order chi connectivity index (χ0) is 29.7. The van der Waals surface area contributed by atoms with Crippen LogP contribution in [0.2, 0.25) is 0 Å². The molecule has 2 aromatic carbocycles. The number of imidazole rings is 1. The van der Waals surface area contributed by atoms with Crippen LogP contribution in [0.25, 0.3) is 0 Å². The van der Waals surface area contributed by atoms with Crippen LogP contribution in [0.1, 0.15) is 25.0 Å². The number of aromatic nitrogens is 2. The molecule has 2 amide bonds. The lowest BCUT2D eigenvalue weighted by atomic mass is 10.0. The molecule has 0 spiro atoms. The largest absolute Gasteiger partial charge is 0.488 e. The van der Waals surface area contributed by atoms with Crippen LogP contribution < -0.4 is 10.1 Å². The van der Waals surface area contributed by atoms with Gasteiger partial charge in [0.15, 0.2) is 5.03 Å². The number of anilines is 1. The summed E-state index contributed by atoms with van der Waals surface area (Å²) >= 11 is 0. The first-order chi connectivity index (χ1) is 19.5. The molecule has 1 aromatic heterocycles. The molecule has 0 saturated heterocycles. The summed E-state index contributed by atoms with van der Waals surface area (Å²) in [6.07, 6.45) is 2.42. The summed E-state index contributed by atoms with van der Waals surface area (Å²) < 4.78 is 35.6. The van der Waals surface area contributed by atoms with Gasteiger partial charge >= 0.3 is 0 Å². The molecule has 2 N–H and O–H groups in total. The van der Waals surface area contributed by atoms with Crippen LogP contribution in [0, 0.1) is 5.92 Å². The number of rotatable bonds is 9. The number of likely N-dealkylation sites (N-methyl/N-ethyl adjacent to an activating group) is 1. The summed E-state index contributed by atoms with van der Waals surface area (Å²) in [4.78, 5) is 31.7. The number of nitrogens with one attached hydrogen (secondary N) is 1. The number of aryl methyl sites for hydroxylation is 1. The molecule has 41 heavy (non-hydrogen) atoms. The molecule has 0 unspecified atom stereocenters. The highest BCUT2D eigenvalue weighted by Gasteiger charge is 2.34. The molecular weight excluding hydrogens is 546 g/mol. The van der Waals surface area contributed by atoms with Gasteiger partial charge in [0.1, 0.15) is 11.9 Å². The van der Waals surface area contributed by atoms with Gasteiger partial charge < -0.3 is 24.6 Å². The minimum atomic E-state index is -3.89. The highest BCUT2D eigenvalue weighted by Crippen LogP contribution is 2.30. The number of hydrogen-bond donors (Lipinski definition) is 2. The van der Waals surface area contributed by atoms with Crippen molar-refractivity contribution < 1.29 is 27.9 Å². The molecule has 2 heterocycles. The summed E-state index contributed by atoms with van der Waals surface area (Å²) in [5, 5.41) is 12.7.